The van der Waals surface area contributed by atoms with Crippen LogP contribution >= 0.6 is 0 Å². The van der Waals surface area contributed by atoms with Crippen LogP contribution in [0, 0.1) is 0 Å². The summed E-state index contributed by atoms with van der Waals surface area (Å²) in [5.41, 5.74) is 0. The first-order chi connectivity index (χ1) is 7.11. The highest BCUT2D eigenvalue weighted by Crippen LogP contribution is 1.98. The second-order valence-electron chi connectivity index (χ2n) is 3.03. The Hall–Kier alpha value is -1.36. The van der Waals surface area contributed by atoms with Crippen LogP contribution in [0.1, 0.15) is 19.8 Å². The van der Waals surface area contributed by atoms with Gasteiger partial charge in [-0.1, -0.05) is 6.08 Å². The lowest BCUT2D eigenvalue weighted by Crippen LogP contribution is -2.40. The normalized spacial score (nSPS) is 12.7. The number of carboxylic acid groups (broad SMARTS) is 1. The summed E-state index contributed by atoms with van der Waals surface area (Å²) in [6, 6.07) is -0.844. The van der Waals surface area contributed by atoms with Crippen LogP contribution in [0.15, 0.2) is 12.2 Å². The van der Waals surface area contributed by atoms with E-state index < -0.39 is 12.0 Å². The predicted octanol–water partition coefficient (Wildman–Crippen LogP) is 0.558. The molecule has 0 aromatic heterocycles. The number of hydrogen-bond acceptors (Lipinski definition) is 3. The quantitative estimate of drug-likeness (QED) is 0.480. The number of aliphatic carboxylic acids is 1. The van der Waals surface area contributed by atoms with Crippen molar-refractivity contribution in [1.29, 1.82) is 0 Å². The van der Waals surface area contributed by atoms with Gasteiger partial charge in [-0.05, 0) is 25.8 Å². The van der Waals surface area contributed by atoms with Gasteiger partial charge in [0, 0.05) is 13.7 Å². The van der Waals surface area contributed by atoms with E-state index in [2.05, 4.69) is 5.32 Å². The number of rotatable bonds is 7. The molecule has 1 amide bonds. The van der Waals surface area contributed by atoms with E-state index in [-0.39, 0.29) is 5.91 Å². The molecule has 0 aliphatic heterocycles. The highest BCUT2D eigenvalue weighted by atomic mass is 16.5. The summed E-state index contributed by atoms with van der Waals surface area (Å²) in [7, 11) is 1.55. The number of nitrogens with one attached hydrogen (secondary N) is 1. The van der Waals surface area contributed by atoms with Crippen molar-refractivity contribution in [3.63, 3.8) is 0 Å². The van der Waals surface area contributed by atoms with Crippen LogP contribution in [0.3, 0.4) is 0 Å². The van der Waals surface area contributed by atoms with Crippen LogP contribution in [0.25, 0.3) is 0 Å². The molecule has 5 heteroatoms. The molecule has 0 aliphatic rings. The van der Waals surface area contributed by atoms with Crippen LogP contribution in [0.4, 0.5) is 0 Å². The van der Waals surface area contributed by atoms with E-state index in [9.17, 15) is 9.59 Å². The number of methoxy groups -OCH3 is 1. The second kappa shape index (κ2) is 7.99. The van der Waals surface area contributed by atoms with E-state index in [1.54, 1.807) is 20.1 Å². The molecular weight excluding hydrogens is 198 g/mol. The Morgan fingerprint density at radius 2 is 2.20 bits per heavy atom. The fourth-order valence-electron chi connectivity index (χ4n) is 1.06. The molecule has 0 aromatic rings. The summed E-state index contributed by atoms with van der Waals surface area (Å²) in [6.07, 6.45) is 3.83. The molecule has 2 N–H and O–H groups in total. The number of carbonyl (C=O) groups excluding carboxylic acids is 1. The summed E-state index contributed by atoms with van der Waals surface area (Å²) < 4.78 is 4.80. The van der Waals surface area contributed by atoms with Crippen molar-refractivity contribution in [3.8, 4) is 0 Å². The van der Waals surface area contributed by atoms with E-state index in [1.165, 1.54) is 6.08 Å². The third-order valence-electron chi connectivity index (χ3n) is 1.77. The molecule has 0 saturated carbocycles. The summed E-state index contributed by atoms with van der Waals surface area (Å²) in [5, 5.41) is 11.2. The zero-order chi connectivity index (χ0) is 11.7. The fraction of sp³-hybridized carbons (Fsp3) is 0.600. The van der Waals surface area contributed by atoms with Gasteiger partial charge in [-0.25, -0.2) is 4.79 Å². The fourth-order valence-corrected chi connectivity index (χ4v) is 1.06. The van der Waals surface area contributed by atoms with Crippen LogP contribution in [0.2, 0.25) is 0 Å². The zero-order valence-corrected chi connectivity index (χ0v) is 9.03. The lowest BCUT2D eigenvalue weighted by Gasteiger charge is -2.12. The standard InChI is InChI=1S/C10H17NO4/c1-3-5-9(12)11-8(10(13)14)6-4-7-15-2/h3,5,8H,4,6-7H2,1-2H3,(H,11,12)(H,13,14)/b5-3+. The number of ether oxygens (including phenoxy) is 1. The van der Waals surface area contributed by atoms with E-state index in [0.29, 0.717) is 19.4 Å². The molecule has 0 heterocycles. The Balaban J connectivity index is 4.04. The topological polar surface area (TPSA) is 75.6 Å². The Morgan fingerprint density at radius 1 is 1.53 bits per heavy atom. The average molecular weight is 215 g/mol. The monoisotopic (exact) mass is 215 g/mol. The van der Waals surface area contributed by atoms with Crippen molar-refractivity contribution in [3.05, 3.63) is 12.2 Å². The second-order valence-corrected chi connectivity index (χ2v) is 3.03. The van der Waals surface area contributed by atoms with Gasteiger partial charge in [0.2, 0.25) is 5.91 Å². The van der Waals surface area contributed by atoms with Crippen LogP contribution < -0.4 is 5.32 Å². The van der Waals surface area contributed by atoms with Gasteiger partial charge in [-0.15, -0.1) is 0 Å². The highest BCUT2D eigenvalue weighted by Gasteiger charge is 2.17. The van der Waals surface area contributed by atoms with E-state index >= 15 is 0 Å². The Morgan fingerprint density at radius 3 is 2.67 bits per heavy atom. The number of hydrogen-bond donors (Lipinski definition) is 2. The van der Waals surface area contributed by atoms with Crippen molar-refractivity contribution in [2.24, 2.45) is 0 Å². The van der Waals surface area contributed by atoms with Crippen LogP contribution in [-0.4, -0.2) is 36.7 Å². The molecule has 0 spiro atoms. The molecule has 86 valence electrons. The number of carbonyl (C=O) groups is 2. The third-order valence-corrected chi connectivity index (χ3v) is 1.77. The summed E-state index contributed by atoms with van der Waals surface area (Å²) >= 11 is 0. The maximum absolute atomic E-state index is 11.1. The Kier molecular flexibility index (Phi) is 7.27. The van der Waals surface area contributed by atoms with Gasteiger partial charge in [0.25, 0.3) is 0 Å². The minimum absolute atomic E-state index is 0.368. The molecule has 5 nitrogen and oxygen atoms in total. The van der Waals surface area contributed by atoms with Gasteiger partial charge in [0.05, 0.1) is 0 Å². The highest BCUT2D eigenvalue weighted by molar-refractivity contribution is 5.90. The van der Waals surface area contributed by atoms with E-state index in [1.807, 2.05) is 0 Å². The summed E-state index contributed by atoms with van der Waals surface area (Å²) in [5.74, 6) is -1.41. The summed E-state index contributed by atoms with van der Waals surface area (Å²) in [4.78, 5) is 21.9. The van der Waals surface area contributed by atoms with E-state index in [4.69, 9.17) is 9.84 Å². The van der Waals surface area contributed by atoms with Crippen molar-refractivity contribution in [1.82, 2.24) is 5.32 Å². The molecule has 0 aromatic carbocycles. The minimum Gasteiger partial charge on any atom is -0.480 e. The predicted molar refractivity (Wildman–Crippen MR) is 55.5 cm³/mol. The molecule has 15 heavy (non-hydrogen) atoms. The molecule has 0 saturated heterocycles. The van der Waals surface area contributed by atoms with Crippen molar-refractivity contribution in [2.45, 2.75) is 25.8 Å². The Labute approximate surface area is 89.1 Å². The molecule has 0 fully saturated rings. The van der Waals surface area contributed by atoms with Gasteiger partial charge in [0.15, 0.2) is 0 Å². The van der Waals surface area contributed by atoms with Gasteiger partial charge in [-0.2, -0.15) is 0 Å². The van der Waals surface area contributed by atoms with Crippen molar-refractivity contribution < 1.29 is 19.4 Å². The van der Waals surface area contributed by atoms with Gasteiger partial charge in [-0.3, -0.25) is 4.79 Å². The summed E-state index contributed by atoms with van der Waals surface area (Å²) in [6.45, 7) is 2.18. The molecular formula is C10H17NO4. The van der Waals surface area contributed by atoms with Crippen molar-refractivity contribution in [2.75, 3.05) is 13.7 Å². The number of allylic oxidation sites excluding steroid dienone is 1. The molecule has 1 unspecified atom stereocenters. The maximum atomic E-state index is 11.1. The van der Waals surface area contributed by atoms with Crippen LogP contribution in [0.5, 0.6) is 0 Å². The number of amides is 1. The van der Waals surface area contributed by atoms with Gasteiger partial charge < -0.3 is 15.2 Å². The Bertz CT molecular complexity index is 238. The molecule has 0 rings (SSSR count). The lowest BCUT2D eigenvalue weighted by atomic mass is 10.1. The molecule has 0 radical (unpaired) electrons. The molecule has 0 bridgehead atoms. The first-order valence-electron chi connectivity index (χ1n) is 4.76. The van der Waals surface area contributed by atoms with Crippen molar-refractivity contribution >= 4 is 11.9 Å². The lowest BCUT2D eigenvalue weighted by molar-refractivity contribution is -0.141. The first-order valence-corrected chi connectivity index (χ1v) is 4.76. The maximum Gasteiger partial charge on any atom is 0.326 e. The van der Waals surface area contributed by atoms with Gasteiger partial charge in [0.1, 0.15) is 6.04 Å². The first kappa shape index (κ1) is 13.6. The molecule has 0 aliphatic carbocycles. The largest absolute Gasteiger partial charge is 0.480 e. The van der Waals surface area contributed by atoms with E-state index in [0.717, 1.165) is 0 Å². The average Bonchev–Trinajstić information content (AvgIpc) is 2.16. The smallest absolute Gasteiger partial charge is 0.326 e. The van der Waals surface area contributed by atoms with Gasteiger partial charge >= 0.3 is 5.97 Å². The minimum atomic E-state index is -1.02. The third kappa shape index (κ3) is 6.68. The SMILES string of the molecule is C/C=C/C(=O)NC(CCCOC)C(=O)O. The molecule has 1 atom stereocenters. The van der Waals surface area contributed by atoms with Crippen LogP contribution in [-0.2, 0) is 14.3 Å². The number of carboxylic acids is 1. The zero-order valence-electron chi connectivity index (χ0n) is 9.03.